The van der Waals surface area contributed by atoms with Crippen molar-refractivity contribution in [2.45, 2.75) is 132 Å². The molecule has 51 heteroatoms. The first-order valence-corrected chi connectivity index (χ1v) is 45.1. The first-order chi connectivity index (χ1) is 68.8. The number of aromatic hydroxyl groups is 9. The molecule has 0 atom stereocenters. The van der Waals surface area contributed by atoms with Crippen molar-refractivity contribution >= 4 is 70.9 Å². The van der Waals surface area contributed by atoms with Crippen molar-refractivity contribution in [3.8, 4) is 51.7 Å². The Bertz CT molecular complexity index is 5810. The quantitative estimate of drug-likeness (QED) is 0.0214. The molecule has 9 aromatic heterocycles. The van der Waals surface area contributed by atoms with E-state index in [2.05, 4.69) is 109 Å². The molecule has 9 heterocycles. The summed E-state index contributed by atoms with van der Waals surface area (Å²) >= 11 is 0. The summed E-state index contributed by atoms with van der Waals surface area (Å²) in [5.74, 6) is -21.1. The second-order valence-electron chi connectivity index (χ2n) is 33.3. The topological polar surface area (TPSA) is 827 Å². The van der Waals surface area contributed by atoms with Crippen LogP contribution in [0.2, 0.25) is 0 Å². The molecule has 0 radical (unpaired) electrons. The van der Waals surface area contributed by atoms with Crippen LogP contribution in [0.3, 0.4) is 0 Å². The molecule has 0 unspecified atom stereocenters. The minimum Gasteiger partial charge on any atom is -0.503 e. The fraction of sp³-hybridized carbons (Fsp3) is 0.323. The van der Waals surface area contributed by atoms with Crippen LogP contribution in [-0.4, -0.2) is 237 Å². The van der Waals surface area contributed by atoms with Crippen molar-refractivity contribution in [2.24, 2.45) is 0 Å². The lowest BCUT2D eigenvalue weighted by Crippen LogP contribution is -2.51. The highest BCUT2D eigenvalue weighted by atomic mass is 16.3. The number of H-pyrrole nitrogens is 9. The van der Waals surface area contributed by atoms with E-state index in [-0.39, 0.29) is 174 Å². The van der Waals surface area contributed by atoms with E-state index < -0.39 is 256 Å². The molecule has 0 spiro atoms. The van der Waals surface area contributed by atoms with Crippen LogP contribution in [0.5, 0.6) is 51.7 Å². The number of amides is 12. The molecular weight excluding hydrogens is 1890 g/mol. The first-order valence-electron chi connectivity index (χ1n) is 45.1. The maximum absolute atomic E-state index is 16.4. The summed E-state index contributed by atoms with van der Waals surface area (Å²) in [6.45, 7) is -3.00. The Morgan fingerprint density at radius 1 is 0.188 bits per heavy atom. The monoisotopic (exact) mass is 2000 g/mol. The van der Waals surface area contributed by atoms with E-state index in [4.69, 9.17) is 0 Å². The number of carbonyl (C=O) groups excluding carboxylic acids is 12. The summed E-state index contributed by atoms with van der Waals surface area (Å²) in [6, 6.07) is 11.5. The Labute approximate surface area is 810 Å². The fourth-order valence-corrected chi connectivity index (χ4v) is 15.9. The molecule has 0 aliphatic heterocycles. The summed E-state index contributed by atoms with van der Waals surface area (Å²) in [5, 5.41) is 128. The molecule has 0 fully saturated rings. The fourth-order valence-electron chi connectivity index (χ4n) is 15.9. The van der Waals surface area contributed by atoms with Gasteiger partial charge in [-0.05, 0) is 134 Å². The maximum atomic E-state index is 16.4. The Morgan fingerprint density at radius 2 is 0.299 bits per heavy atom. The van der Waals surface area contributed by atoms with Crippen molar-refractivity contribution in [3.05, 3.63) is 289 Å². The van der Waals surface area contributed by atoms with Gasteiger partial charge in [0.2, 0.25) is 48.9 Å². The maximum Gasteiger partial charge on any atom is 0.271 e. The molecule has 30 N–H and O–H groups in total. The third kappa shape index (κ3) is 28.7. The summed E-state index contributed by atoms with van der Waals surface area (Å²) in [7, 11) is 0. The molecule has 0 bridgehead atoms. The lowest BCUT2D eigenvalue weighted by Gasteiger charge is -2.37. The highest BCUT2D eigenvalue weighted by Crippen LogP contribution is 2.32. The van der Waals surface area contributed by atoms with Gasteiger partial charge in [-0.1, -0.05) is 0 Å². The molecule has 51 nitrogen and oxygen atoms in total. The average Bonchev–Trinajstić information content (AvgIpc) is 0.791. The van der Waals surface area contributed by atoms with Gasteiger partial charge in [0.05, 0.1) is 0 Å². The number of aromatic nitrogens is 9. The molecule has 10 rings (SSSR count). The van der Waals surface area contributed by atoms with Gasteiger partial charge in [-0.25, -0.2) is 0 Å². The molecule has 10 aromatic rings. The zero-order valence-corrected chi connectivity index (χ0v) is 76.8. The van der Waals surface area contributed by atoms with E-state index in [1.807, 2.05) is 0 Å². The minimum atomic E-state index is -1.74. The van der Waals surface area contributed by atoms with Gasteiger partial charge in [0.25, 0.3) is 70.9 Å². The normalized spacial score (nSPS) is 11.2. The van der Waals surface area contributed by atoms with Crippen molar-refractivity contribution in [2.75, 3.05) is 58.9 Å². The van der Waals surface area contributed by atoms with Crippen LogP contribution >= 0.6 is 0 Å². The molecule has 1 aromatic carbocycles. The van der Waals surface area contributed by atoms with Gasteiger partial charge < -0.3 is 155 Å². The van der Waals surface area contributed by atoms with Crippen molar-refractivity contribution in [3.63, 3.8) is 0 Å². The number of hydrogen-bond acceptors (Lipinski definition) is 30. The van der Waals surface area contributed by atoms with E-state index in [9.17, 15) is 132 Å². The van der Waals surface area contributed by atoms with Crippen LogP contribution in [0.1, 0.15) is 241 Å². The number of pyridine rings is 9. The number of aromatic amines is 9. The number of hydrogen-bond donors (Lipinski definition) is 30. The molecular formula is C93H105N21O30. The summed E-state index contributed by atoms with van der Waals surface area (Å²) in [5.41, 5.74) is -20.4. The summed E-state index contributed by atoms with van der Waals surface area (Å²) in [4.78, 5) is 308. The lowest BCUT2D eigenvalue weighted by atomic mass is 9.82. The zero-order valence-electron chi connectivity index (χ0n) is 76.8. The van der Waals surface area contributed by atoms with Gasteiger partial charge in [0, 0.05) is 203 Å². The van der Waals surface area contributed by atoms with E-state index >= 15 is 14.4 Å². The SMILES string of the molecule is O=C(NC(CCCNC(=O)c1[nH]ccc(=O)c1O)(CCCNC(=O)c1[nH]ccc(=O)c1O)CCCNC(=O)c1[nH]ccc(=O)c1O)c1cc(C(=O)NC(CCCNC(=O)c2[nH]ccc(=O)c2O)(CCCNC(=O)c2[nH]ccc(=O)c2O)CCCNC(=O)c2[nH]ccc(=O)c2O)cc(C(=O)NC(CCCNC(=O)c2[nH]ccc(=O)c2O)(CCCNC(=O)c2[nH]ccc(=O)c2O)CCCNC(=O)c2[nH]ccc(=O)c2O)c1. The second kappa shape index (κ2) is 50.3. The standard InChI is InChI=1S/C93H105N21O30/c115-52-10-37-94-61(70(52)124)82(136)103-28-1-19-91(20-2-29-104-83(137)62-71(125)53(116)11-38-95-62,21-3-30-105-84(138)63-72(126)54(117)12-39-96-63)112-79(133)49-46-50(80(134)113-92(22-4-31-106-85(139)64-73(127)55(118)13-40-97-64,23-5-32-107-86(140)65-74(128)56(119)14-41-98-65)24-6-33-108-87(141)66-75(129)57(120)15-42-99-66)48-51(47-49)81(135)114-93(25-7-34-109-88(142)67-76(130)58(121)16-43-100-67,26-8-35-110-89(143)68-77(131)59(122)17-44-101-68)27-9-36-111-90(144)69-78(132)60(123)18-45-102-69/h10-18,37-48,124-132H,1-9,19-36H2,(H,94,115)(H,95,116)(H,96,117)(H,97,118)(H,98,119)(H,99,120)(H,100,121)(H,101,122)(H,102,123)(H,103,136)(H,104,137)(H,105,138)(H,106,139)(H,107,140)(H,108,141)(H,109,142)(H,110,143)(H,111,144)(H,112,133)(H,113,134)(H,114,135). The Morgan fingerprint density at radius 3 is 0.410 bits per heavy atom. The minimum absolute atomic E-state index is 0.164. The van der Waals surface area contributed by atoms with Gasteiger partial charge in [-0.3, -0.25) is 101 Å². The molecule has 0 aliphatic rings. The van der Waals surface area contributed by atoms with Crippen LogP contribution in [0, 0.1) is 0 Å². The number of carbonyl (C=O) groups is 12. The molecule has 0 saturated carbocycles. The number of nitrogens with one attached hydrogen (secondary N) is 21. The molecule has 0 saturated heterocycles. The van der Waals surface area contributed by atoms with E-state index in [0.29, 0.717) is 0 Å². The van der Waals surface area contributed by atoms with Crippen LogP contribution < -0.4 is 113 Å². The van der Waals surface area contributed by atoms with Crippen molar-refractivity contribution in [1.29, 1.82) is 0 Å². The van der Waals surface area contributed by atoms with Crippen LogP contribution in [0.25, 0.3) is 0 Å². The van der Waals surface area contributed by atoms with E-state index in [1.54, 1.807) is 0 Å². The van der Waals surface area contributed by atoms with E-state index in [0.717, 1.165) is 129 Å². The second-order valence-corrected chi connectivity index (χ2v) is 33.3. The Hall–Kier alpha value is -18.4. The first kappa shape index (κ1) is 108. The number of rotatable bonds is 51. The van der Waals surface area contributed by atoms with Crippen molar-refractivity contribution in [1.82, 2.24) is 109 Å². The van der Waals surface area contributed by atoms with Crippen LogP contribution in [0.15, 0.2) is 172 Å². The Kier molecular flexibility index (Phi) is 37.6. The average molecular weight is 2000 g/mol. The largest absolute Gasteiger partial charge is 0.503 e. The summed E-state index contributed by atoms with van der Waals surface area (Å²) < 4.78 is 0. The molecule has 144 heavy (non-hydrogen) atoms. The zero-order chi connectivity index (χ0) is 105. The molecule has 0 aliphatic carbocycles. The predicted octanol–water partition coefficient (Wildman–Crippen LogP) is -0.471. The Balaban J connectivity index is 1.13. The predicted molar refractivity (Wildman–Crippen MR) is 510 cm³/mol. The van der Waals surface area contributed by atoms with E-state index in [1.165, 1.54) is 0 Å². The lowest BCUT2D eigenvalue weighted by molar-refractivity contribution is 0.0845. The molecule has 762 valence electrons. The highest BCUT2D eigenvalue weighted by Gasteiger charge is 2.38. The highest BCUT2D eigenvalue weighted by molar-refractivity contribution is 6.06. The third-order valence-corrected chi connectivity index (χ3v) is 23.4. The summed E-state index contributed by atoms with van der Waals surface area (Å²) in [6.07, 6.45) is 6.02. The van der Waals surface area contributed by atoms with Gasteiger partial charge in [0.1, 0.15) is 0 Å². The van der Waals surface area contributed by atoms with Crippen LogP contribution in [-0.2, 0) is 0 Å². The smallest absolute Gasteiger partial charge is 0.271 e. The van der Waals surface area contributed by atoms with Crippen LogP contribution in [0.4, 0.5) is 0 Å². The molecule has 12 amide bonds. The van der Waals surface area contributed by atoms with Gasteiger partial charge in [-0.2, -0.15) is 0 Å². The van der Waals surface area contributed by atoms with Gasteiger partial charge in [-0.15, -0.1) is 0 Å². The van der Waals surface area contributed by atoms with Gasteiger partial charge >= 0.3 is 0 Å². The van der Waals surface area contributed by atoms with Crippen molar-refractivity contribution < 1.29 is 103 Å². The third-order valence-electron chi connectivity index (χ3n) is 23.4. The van der Waals surface area contributed by atoms with Gasteiger partial charge in [0.15, 0.2) is 103 Å². The number of benzene rings is 1.